The molecule has 19 heavy (non-hydrogen) atoms. The molecule has 0 unspecified atom stereocenters. The zero-order valence-corrected chi connectivity index (χ0v) is 11.9. The van der Waals surface area contributed by atoms with Crippen LogP contribution in [0.1, 0.15) is 13.8 Å². The molecule has 0 aliphatic heterocycles. The van der Waals surface area contributed by atoms with Gasteiger partial charge in [0.1, 0.15) is 0 Å². The molecule has 2 aromatic heterocycles. The molecule has 0 aliphatic carbocycles. The predicted molar refractivity (Wildman–Crippen MR) is 74.8 cm³/mol. The molecule has 1 amide bonds. The van der Waals surface area contributed by atoms with E-state index in [1.54, 1.807) is 32.3 Å². The van der Waals surface area contributed by atoms with E-state index in [0.717, 1.165) is 0 Å². The van der Waals surface area contributed by atoms with E-state index in [2.05, 4.69) is 15.4 Å². The quantitative estimate of drug-likeness (QED) is 0.947. The lowest BCUT2D eigenvalue weighted by Gasteiger charge is -2.04. The number of pyridine rings is 1. The third-order valence-corrected chi connectivity index (χ3v) is 2.89. The first kappa shape index (κ1) is 13.8. The Morgan fingerprint density at radius 2 is 2.11 bits per heavy atom. The van der Waals surface area contributed by atoms with Gasteiger partial charge in [-0.3, -0.25) is 9.78 Å². The Morgan fingerprint density at radius 1 is 1.37 bits per heavy atom. The lowest BCUT2D eigenvalue weighted by atomic mass is 10.2. The summed E-state index contributed by atoms with van der Waals surface area (Å²) in [6.07, 6.45) is 4.75. The maximum absolute atomic E-state index is 11.6. The molecule has 0 fully saturated rings. The van der Waals surface area contributed by atoms with Gasteiger partial charge in [0.2, 0.25) is 5.91 Å². The molecule has 0 atom stereocenters. The van der Waals surface area contributed by atoms with E-state index in [-0.39, 0.29) is 17.0 Å². The molecule has 0 saturated heterocycles. The molecule has 7 heteroatoms. The highest BCUT2D eigenvalue weighted by Crippen LogP contribution is 2.23. The zero-order valence-electron chi connectivity index (χ0n) is 10.4. The second-order valence-electron chi connectivity index (χ2n) is 4.28. The van der Waals surface area contributed by atoms with Crippen molar-refractivity contribution < 1.29 is 4.79 Å². The molecule has 1 N–H and O–H groups in total. The molecule has 100 valence electrons. The van der Waals surface area contributed by atoms with Gasteiger partial charge in [0.25, 0.3) is 0 Å². The molecule has 0 spiro atoms. The number of anilines is 1. The standard InChI is InChI=1S/C12H12Cl2N4O/c1-7(2)12(19)16-10-6-18(17-11(10)14)9-3-8(13)4-15-5-9/h3-7H,1-2H3,(H,16,19). The van der Waals surface area contributed by atoms with Crippen LogP contribution < -0.4 is 5.32 Å². The zero-order chi connectivity index (χ0) is 14.0. The first-order valence-electron chi connectivity index (χ1n) is 5.64. The van der Waals surface area contributed by atoms with E-state index in [1.807, 2.05) is 0 Å². The Labute approximate surface area is 120 Å². The van der Waals surface area contributed by atoms with Crippen molar-refractivity contribution in [1.29, 1.82) is 0 Å². The van der Waals surface area contributed by atoms with Crippen LogP contribution in [0.3, 0.4) is 0 Å². The summed E-state index contributed by atoms with van der Waals surface area (Å²) in [7, 11) is 0. The van der Waals surface area contributed by atoms with E-state index in [1.165, 1.54) is 10.9 Å². The van der Waals surface area contributed by atoms with Crippen LogP contribution in [0.2, 0.25) is 10.2 Å². The molecule has 0 bridgehead atoms. The van der Waals surface area contributed by atoms with E-state index in [0.29, 0.717) is 16.4 Å². The Kier molecular flexibility index (Phi) is 4.07. The van der Waals surface area contributed by atoms with Crippen molar-refractivity contribution in [2.45, 2.75) is 13.8 Å². The third kappa shape index (κ3) is 3.24. The van der Waals surface area contributed by atoms with Gasteiger partial charge in [0.05, 0.1) is 28.8 Å². The fourth-order valence-electron chi connectivity index (χ4n) is 1.37. The largest absolute Gasteiger partial charge is 0.322 e. The molecule has 0 aliphatic rings. The first-order valence-corrected chi connectivity index (χ1v) is 6.40. The minimum absolute atomic E-state index is 0.120. The molecule has 5 nitrogen and oxygen atoms in total. The first-order chi connectivity index (χ1) is 8.97. The lowest BCUT2D eigenvalue weighted by Crippen LogP contribution is -2.17. The normalized spacial score (nSPS) is 10.8. The monoisotopic (exact) mass is 298 g/mol. The number of halogens is 2. The Balaban J connectivity index is 2.28. The molecular weight excluding hydrogens is 287 g/mol. The van der Waals surface area contributed by atoms with Crippen molar-refractivity contribution >= 4 is 34.8 Å². The minimum Gasteiger partial charge on any atom is -0.322 e. The van der Waals surface area contributed by atoms with Crippen LogP contribution in [0.15, 0.2) is 24.7 Å². The minimum atomic E-state index is -0.132. The summed E-state index contributed by atoms with van der Waals surface area (Å²) in [5, 5.41) is 7.52. The number of carbonyl (C=O) groups excluding carboxylic acids is 1. The van der Waals surface area contributed by atoms with Crippen LogP contribution in [0.4, 0.5) is 5.69 Å². The average Bonchev–Trinajstić information content (AvgIpc) is 2.71. The summed E-state index contributed by atoms with van der Waals surface area (Å²) < 4.78 is 1.51. The number of amides is 1. The number of hydrogen-bond acceptors (Lipinski definition) is 3. The molecule has 0 radical (unpaired) electrons. The van der Waals surface area contributed by atoms with Gasteiger partial charge in [-0.15, -0.1) is 0 Å². The summed E-state index contributed by atoms with van der Waals surface area (Å²) in [5.41, 5.74) is 1.12. The van der Waals surface area contributed by atoms with E-state index >= 15 is 0 Å². The van der Waals surface area contributed by atoms with Crippen molar-refractivity contribution in [1.82, 2.24) is 14.8 Å². The summed E-state index contributed by atoms with van der Waals surface area (Å²) in [4.78, 5) is 15.6. The number of aromatic nitrogens is 3. The topological polar surface area (TPSA) is 59.8 Å². The summed E-state index contributed by atoms with van der Waals surface area (Å²) >= 11 is 11.8. The van der Waals surface area contributed by atoms with Crippen molar-refractivity contribution in [2.75, 3.05) is 5.32 Å². The van der Waals surface area contributed by atoms with Gasteiger partial charge in [-0.05, 0) is 6.07 Å². The number of hydrogen-bond donors (Lipinski definition) is 1. The summed E-state index contributed by atoms with van der Waals surface area (Å²) in [5.74, 6) is -0.252. The van der Waals surface area contributed by atoms with Crippen molar-refractivity contribution in [3.63, 3.8) is 0 Å². The van der Waals surface area contributed by atoms with Crippen LogP contribution in [0, 0.1) is 5.92 Å². The van der Waals surface area contributed by atoms with Crippen molar-refractivity contribution in [2.24, 2.45) is 5.92 Å². The maximum Gasteiger partial charge on any atom is 0.227 e. The van der Waals surface area contributed by atoms with E-state index in [4.69, 9.17) is 23.2 Å². The number of carbonyl (C=O) groups is 1. The van der Waals surface area contributed by atoms with Gasteiger partial charge in [0.15, 0.2) is 5.15 Å². The molecule has 2 rings (SSSR count). The molecular formula is C12H12Cl2N4O. The predicted octanol–water partition coefficient (Wildman–Crippen LogP) is 3.17. The molecule has 0 saturated carbocycles. The van der Waals surface area contributed by atoms with Crippen LogP contribution in [0.25, 0.3) is 5.69 Å². The van der Waals surface area contributed by atoms with Crippen molar-refractivity contribution in [3.8, 4) is 5.69 Å². The highest BCUT2D eigenvalue weighted by molar-refractivity contribution is 6.32. The average molecular weight is 299 g/mol. The fourth-order valence-corrected chi connectivity index (χ4v) is 1.72. The van der Waals surface area contributed by atoms with E-state index in [9.17, 15) is 4.79 Å². The fraction of sp³-hybridized carbons (Fsp3) is 0.250. The van der Waals surface area contributed by atoms with Gasteiger partial charge < -0.3 is 5.32 Å². The molecule has 2 heterocycles. The number of nitrogens with zero attached hydrogens (tertiary/aromatic N) is 3. The highest BCUT2D eigenvalue weighted by atomic mass is 35.5. The Morgan fingerprint density at radius 3 is 2.74 bits per heavy atom. The van der Waals surface area contributed by atoms with Gasteiger partial charge in [-0.25, -0.2) is 4.68 Å². The highest BCUT2D eigenvalue weighted by Gasteiger charge is 2.13. The second kappa shape index (κ2) is 5.59. The maximum atomic E-state index is 11.6. The van der Waals surface area contributed by atoms with Crippen LogP contribution in [0.5, 0.6) is 0 Å². The van der Waals surface area contributed by atoms with Gasteiger partial charge >= 0.3 is 0 Å². The SMILES string of the molecule is CC(C)C(=O)Nc1cn(-c2cncc(Cl)c2)nc1Cl. The number of nitrogens with one attached hydrogen (secondary N) is 1. The summed E-state index contributed by atoms with van der Waals surface area (Å²) in [6, 6.07) is 1.70. The Hall–Kier alpha value is -1.59. The van der Waals surface area contributed by atoms with Gasteiger partial charge in [-0.1, -0.05) is 37.0 Å². The van der Waals surface area contributed by atoms with Gasteiger partial charge in [-0.2, -0.15) is 5.10 Å². The summed E-state index contributed by atoms with van der Waals surface area (Å²) in [6.45, 7) is 3.60. The smallest absolute Gasteiger partial charge is 0.227 e. The molecule has 0 aromatic carbocycles. The molecule has 2 aromatic rings. The van der Waals surface area contributed by atoms with Crippen molar-refractivity contribution in [3.05, 3.63) is 34.8 Å². The lowest BCUT2D eigenvalue weighted by molar-refractivity contribution is -0.118. The Bertz CT molecular complexity index is 610. The van der Waals surface area contributed by atoms with Crippen LogP contribution in [-0.2, 0) is 4.79 Å². The van der Waals surface area contributed by atoms with Crippen LogP contribution >= 0.6 is 23.2 Å². The van der Waals surface area contributed by atoms with Crippen LogP contribution in [-0.4, -0.2) is 20.7 Å². The third-order valence-electron chi connectivity index (χ3n) is 2.41. The number of rotatable bonds is 3. The second-order valence-corrected chi connectivity index (χ2v) is 5.08. The van der Waals surface area contributed by atoms with Gasteiger partial charge in [0, 0.05) is 12.1 Å². The van der Waals surface area contributed by atoms with E-state index < -0.39 is 0 Å².